The van der Waals surface area contributed by atoms with E-state index in [4.69, 9.17) is 11.6 Å². The zero-order chi connectivity index (χ0) is 20.2. The highest BCUT2D eigenvalue weighted by Gasteiger charge is 2.28. The normalized spacial score (nSPS) is 17.5. The summed E-state index contributed by atoms with van der Waals surface area (Å²) in [5, 5.41) is 5.00. The SMILES string of the molecule is O=C(c1cnn(Cc2ccccc2Cl)c1)N1CCN(C(=O)N2CCCCC2)CC1. The molecule has 0 saturated carbocycles. The Morgan fingerprint density at radius 2 is 1.55 bits per heavy atom. The van der Waals surface area contributed by atoms with E-state index in [1.54, 1.807) is 22.0 Å². The van der Waals surface area contributed by atoms with E-state index in [-0.39, 0.29) is 11.9 Å². The minimum atomic E-state index is -0.0412. The van der Waals surface area contributed by atoms with Gasteiger partial charge in [-0.15, -0.1) is 0 Å². The Morgan fingerprint density at radius 1 is 0.897 bits per heavy atom. The number of benzene rings is 1. The van der Waals surface area contributed by atoms with Crippen LogP contribution in [0.3, 0.4) is 0 Å². The Balaban J connectivity index is 1.32. The minimum Gasteiger partial charge on any atom is -0.335 e. The molecule has 3 amide bonds. The van der Waals surface area contributed by atoms with E-state index < -0.39 is 0 Å². The first kappa shape index (κ1) is 19.8. The number of piperazine rings is 1. The summed E-state index contributed by atoms with van der Waals surface area (Å²) < 4.78 is 1.73. The van der Waals surface area contributed by atoms with Gasteiger partial charge in [-0.25, -0.2) is 4.79 Å². The van der Waals surface area contributed by atoms with Gasteiger partial charge in [0.1, 0.15) is 0 Å². The average molecular weight is 416 g/mol. The summed E-state index contributed by atoms with van der Waals surface area (Å²) in [6.07, 6.45) is 6.74. The molecular formula is C21H26ClN5O2. The topological polar surface area (TPSA) is 61.7 Å². The summed E-state index contributed by atoms with van der Waals surface area (Å²) in [5.74, 6) is -0.0412. The van der Waals surface area contributed by atoms with Gasteiger partial charge < -0.3 is 14.7 Å². The monoisotopic (exact) mass is 415 g/mol. The van der Waals surface area contributed by atoms with Crippen molar-refractivity contribution in [2.45, 2.75) is 25.8 Å². The number of carbonyl (C=O) groups is 2. The highest BCUT2D eigenvalue weighted by Crippen LogP contribution is 2.17. The number of halogens is 1. The molecule has 0 radical (unpaired) electrons. The van der Waals surface area contributed by atoms with Crippen LogP contribution in [0, 0.1) is 0 Å². The third kappa shape index (κ3) is 4.56. The second kappa shape index (κ2) is 8.86. The Hall–Kier alpha value is -2.54. The lowest BCUT2D eigenvalue weighted by molar-refractivity contribution is 0.0633. The molecule has 2 aliphatic rings. The van der Waals surface area contributed by atoms with E-state index >= 15 is 0 Å². The molecule has 2 aliphatic heterocycles. The second-order valence-electron chi connectivity index (χ2n) is 7.63. The lowest BCUT2D eigenvalue weighted by Gasteiger charge is -2.38. The van der Waals surface area contributed by atoms with Crippen molar-refractivity contribution in [2.24, 2.45) is 0 Å². The minimum absolute atomic E-state index is 0.0412. The molecular weight excluding hydrogens is 390 g/mol. The molecule has 8 heteroatoms. The van der Waals surface area contributed by atoms with Crippen molar-refractivity contribution in [3.05, 3.63) is 52.8 Å². The molecule has 29 heavy (non-hydrogen) atoms. The molecule has 1 aromatic heterocycles. The first-order valence-corrected chi connectivity index (χ1v) is 10.6. The van der Waals surface area contributed by atoms with Crippen LogP contribution in [-0.4, -0.2) is 75.7 Å². The van der Waals surface area contributed by atoms with Gasteiger partial charge in [0.25, 0.3) is 5.91 Å². The van der Waals surface area contributed by atoms with Gasteiger partial charge >= 0.3 is 6.03 Å². The van der Waals surface area contributed by atoms with Crippen LogP contribution in [-0.2, 0) is 6.54 Å². The summed E-state index contributed by atoms with van der Waals surface area (Å²) >= 11 is 6.21. The number of amides is 3. The first-order chi connectivity index (χ1) is 14.1. The molecule has 7 nitrogen and oxygen atoms in total. The van der Waals surface area contributed by atoms with Crippen molar-refractivity contribution in [3.8, 4) is 0 Å². The molecule has 0 bridgehead atoms. The van der Waals surface area contributed by atoms with E-state index in [1.165, 1.54) is 6.42 Å². The third-order valence-electron chi connectivity index (χ3n) is 5.63. The predicted octanol–water partition coefficient (Wildman–Crippen LogP) is 2.95. The van der Waals surface area contributed by atoms with Crippen LogP contribution in [0.25, 0.3) is 0 Å². The summed E-state index contributed by atoms with van der Waals surface area (Å²) in [6.45, 7) is 4.47. The summed E-state index contributed by atoms with van der Waals surface area (Å²) in [7, 11) is 0. The maximum absolute atomic E-state index is 12.8. The van der Waals surface area contributed by atoms with E-state index in [0.29, 0.717) is 43.3 Å². The third-order valence-corrected chi connectivity index (χ3v) is 6.00. The number of aromatic nitrogens is 2. The van der Waals surface area contributed by atoms with Crippen LogP contribution < -0.4 is 0 Å². The Labute approximate surface area is 175 Å². The molecule has 2 saturated heterocycles. The summed E-state index contributed by atoms with van der Waals surface area (Å²) in [5.41, 5.74) is 1.52. The molecule has 0 N–H and O–H groups in total. The van der Waals surface area contributed by atoms with Crippen molar-refractivity contribution < 1.29 is 9.59 Å². The first-order valence-electron chi connectivity index (χ1n) is 10.2. The van der Waals surface area contributed by atoms with Gasteiger partial charge in [-0.05, 0) is 30.9 Å². The van der Waals surface area contributed by atoms with Crippen LogP contribution >= 0.6 is 11.6 Å². The van der Waals surface area contributed by atoms with Gasteiger partial charge in [-0.2, -0.15) is 5.10 Å². The molecule has 3 heterocycles. The molecule has 154 valence electrons. The Bertz CT molecular complexity index is 869. The molecule has 4 rings (SSSR count). The van der Waals surface area contributed by atoms with Gasteiger partial charge in [0.05, 0.1) is 18.3 Å². The Kier molecular flexibility index (Phi) is 6.04. The predicted molar refractivity (Wildman–Crippen MR) is 111 cm³/mol. The Morgan fingerprint density at radius 3 is 2.28 bits per heavy atom. The lowest BCUT2D eigenvalue weighted by Crippen LogP contribution is -2.54. The number of rotatable bonds is 3. The molecule has 2 fully saturated rings. The number of nitrogens with zero attached hydrogens (tertiary/aromatic N) is 5. The molecule has 0 aliphatic carbocycles. The molecule has 1 aromatic carbocycles. The summed E-state index contributed by atoms with van der Waals surface area (Å²) in [4.78, 5) is 31.1. The average Bonchev–Trinajstić information content (AvgIpc) is 3.24. The molecule has 2 aromatic rings. The number of piperidine rings is 1. The maximum atomic E-state index is 12.8. The van der Waals surface area contributed by atoms with E-state index in [2.05, 4.69) is 5.10 Å². The number of hydrogen-bond donors (Lipinski definition) is 0. The number of carbonyl (C=O) groups excluding carboxylic acids is 2. The molecule has 0 atom stereocenters. The number of urea groups is 1. The smallest absolute Gasteiger partial charge is 0.320 e. The standard InChI is InChI=1S/C21H26ClN5O2/c22-19-7-3-2-6-17(19)15-27-16-18(14-23-27)20(28)24-10-12-26(13-11-24)21(29)25-8-4-1-5-9-25/h2-3,6-7,14,16H,1,4-5,8-13,15H2. The number of hydrogen-bond acceptors (Lipinski definition) is 3. The highest BCUT2D eigenvalue weighted by atomic mass is 35.5. The number of likely N-dealkylation sites (tertiary alicyclic amines) is 1. The van der Waals surface area contributed by atoms with E-state index in [9.17, 15) is 9.59 Å². The largest absolute Gasteiger partial charge is 0.335 e. The van der Waals surface area contributed by atoms with Crippen LogP contribution in [0.1, 0.15) is 35.2 Å². The maximum Gasteiger partial charge on any atom is 0.320 e. The van der Waals surface area contributed by atoms with Crippen molar-refractivity contribution in [2.75, 3.05) is 39.3 Å². The van der Waals surface area contributed by atoms with E-state index in [1.807, 2.05) is 34.1 Å². The highest BCUT2D eigenvalue weighted by molar-refractivity contribution is 6.31. The van der Waals surface area contributed by atoms with Gasteiger partial charge in [-0.1, -0.05) is 29.8 Å². The fourth-order valence-electron chi connectivity index (χ4n) is 3.93. The van der Waals surface area contributed by atoms with Crippen LogP contribution in [0.15, 0.2) is 36.7 Å². The van der Waals surface area contributed by atoms with Crippen molar-refractivity contribution in [1.29, 1.82) is 0 Å². The molecule has 0 unspecified atom stereocenters. The van der Waals surface area contributed by atoms with E-state index in [0.717, 1.165) is 31.5 Å². The summed E-state index contributed by atoms with van der Waals surface area (Å²) in [6, 6.07) is 7.73. The molecule has 0 spiro atoms. The fourth-order valence-corrected chi connectivity index (χ4v) is 4.13. The zero-order valence-corrected chi connectivity index (χ0v) is 17.2. The fraction of sp³-hybridized carbons (Fsp3) is 0.476. The van der Waals surface area contributed by atoms with Gasteiger partial charge in [-0.3, -0.25) is 9.48 Å². The van der Waals surface area contributed by atoms with Crippen LogP contribution in [0.4, 0.5) is 4.79 Å². The zero-order valence-electron chi connectivity index (χ0n) is 16.5. The van der Waals surface area contributed by atoms with Crippen molar-refractivity contribution >= 4 is 23.5 Å². The quantitative estimate of drug-likeness (QED) is 0.774. The van der Waals surface area contributed by atoms with Crippen molar-refractivity contribution in [3.63, 3.8) is 0 Å². The second-order valence-corrected chi connectivity index (χ2v) is 8.03. The van der Waals surface area contributed by atoms with Crippen LogP contribution in [0.5, 0.6) is 0 Å². The van der Waals surface area contributed by atoms with Gasteiger partial charge in [0.2, 0.25) is 0 Å². The van der Waals surface area contributed by atoms with Gasteiger partial charge in [0.15, 0.2) is 0 Å². The lowest BCUT2D eigenvalue weighted by atomic mass is 10.1. The van der Waals surface area contributed by atoms with Crippen LogP contribution in [0.2, 0.25) is 5.02 Å². The van der Waals surface area contributed by atoms with Gasteiger partial charge in [0, 0.05) is 50.5 Å². The van der Waals surface area contributed by atoms with Crippen molar-refractivity contribution in [1.82, 2.24) is 24.5 Å².